The molecular weight excluding hydrogens is 263 g/mol. The number of carboxylic acid groups (broad SMARTS) is 1. The zero-order chi connectivity index (χ0) is 11.4. The van der Waals surface area contributed by atoms with E-state index in [1.807, 2.05) is 5.32 Å². The van der Waals surface area contributed by atoms with E-state index in [9.17, 15) is 17.3 Å². The second kappa shape index (κ2) is 5.01. The molecule has 14 heavy (non-hydrogen) atoms. The van der Waals surface area contributed by atoms with Crippen molar-refractivity contribution in [1.82, 2.24) is 5.32 Å². The van der Waals surface area contributed by atoms with Crippen LogP contribution in [-0.2, 0) is 17.3 Å². The van der Waals surface area contributed by atoms with Crippen LogP contribution in [0.5, 0.6) is 0 Å². The van der Waals surface area contributed by atoms with Crippen molar-refractivity contribution in [3.05, 3.63) is 0 Å². The molecule has 0 saturated carbocycles. The molecule has 0 fully saturated rings. The first-order chi connectivity index (χ1) is 6.22. The topological polar surface area (TPSA) is 147 Å². The molecule has 0 saturated heterocycles. The molecule has 1 amide bonds. The van der Waals surface area contributed by atoms with E-state index in [0.717, 1.165) is 0 Å². The first-order valence-corrected chi connectivity index (χ1v) is 6.80. The van der Waals surface area contributed by atoms with Crippen molar-refractivity contribution in [3.8, 4) is 0 Å². The summed E-state index contributed by atoms with van der Waals surface area (Å²) in [4.78, 5) is 20.9. The van der Waals surface area contributed by atoms with Crippen LogP contribution in [0.3, 0.4) is 0 Å². The summed E-state index contributed by atoms with van der Waals surface area (Å²) in [6, 6.07) is -1.45. The molecule has 0 radical (unpaired) electrons. The Morgan fingerprint density at radius 3 is 2.29 bits per heavy atom. The van der Waals surface area contributed by atoms with Gasteiger partial charge in [-0.15, -0.1) is 0 Å². The third kappa shape index (κ3) is 6.49. The Kier molecular flexibility index (Phi) is 4.64. The van der Waals surface area contributed by atoms with E-state index in [0.29, 0.717) is 0 Å². The summed E-state index contributed by atoms with van der Waals surface area (Å²) < 4.78 is 29.1. The predicted molar refractivity (Wildman–Crippen MR) is 42.8 cm³/mol. The molecule has 0 aliphatic heterocycles. The molecule has 0 unspecified atom stereocenters. The van der Waals surface area contributed by atoms with Crippen molar-refractivity contribution in [2.45, 2.75) is 11.4 Å². The number of hydrogen-bond donors (Lipinski definition) is 4. The molecule has 0 aromatic carbocycles. The summed E-state index contributed by atoms with van der Waals surface area (Å²) in [5.41, 5.74) is 5.06. The fourth-order valence-corrected chi connectivity index (χ4v) is 1.87. The summed E-state index contributed by atoms with van der Waals surface area (Å²) in [6.07, 6.45) is 0. The molecule has 0 aliphatic rings. The van der Waals surface area contributed by atoms with Crippen LogP contribution in [0.25, 0.3) is 0 Å². The van der Waals surface area contributed by atoms with E-state index in [1.54, 1.807) is 0 Å². The van der Waals surface area contributed by atoms with Gasteiger partial charge in [-0.05, 0) is 0 Å². The van der Waals surface area contributed by atoms with Crippen molar-refractivity contribution in [1.29, 1.82) is 0 Å². The third-order valence-electron chi connectivity index (χ3n) is 1.14. The van der Waals surface area contributed by atoms with Crippen LogP contribution in [-0.4, -0.2) is 46.8 Å². The van der Waals surface area contributed by atoms with Crippen molar-refractivity contribution < 1.29 is 26.6 Å². The number of carbonyl (C=O) groups is 2. The van der Waals surface area contributed by atoms with Crippen molar-refractivity contribution >= 4 is 24.9 Å². The van der Waals surface area contributed by atoms with Crippen LogP contribution in [0, 0.1) is 0 Å². The first-order valence-electron chi connectivity index (χ1n) is 3.42. The van der Waals surface area contributed by atoms with Gasteiger partial charge in [0.15, 0.2) is 0 Å². The van der Waals surface area contributed by atoms with Gasteiger partial charge in [-0.3, -0.25) is 0 Å². The third-order valence-corrected chi connectivity index (χ3v) is 2.78. The van der Waals surface area contributed by atoms with Crippen LogP contribution < -0.4 is 11.1 Å². The normalized spacial score (nSPS) is 13.3. The summed E-state index contributed by atoms with van der Waals surface area (Å²) in [6.45, 7) is -0.647. The number of hydrogen-bond acceptors (Lipinski definition) is 5. The molecule has 82 valence electrons. The van der Waals surface area contributed by atoms with Gasteiger partial charge in [-0.25, -0.2) is 0 Å². The molecule has 0 spiro atoms. The van der Waals surface area contributed by atoms with Crippen molar-refractivity contribution in [3.63, 3.8) is 0 Å². The molecule has 0 aliphatic carbocycles. The summed E-state index contributed by atoms with van der Waals surface area (Å²) in [5, 5.41) is 9.16. The van der Waals surface area contributed by atoms with Gasteiger partial charge in [0.2, 0.25) is 0 Å². The number of nitrogens with one attached hydrogen (secondary N) is 1. The number of carbonyl (C=O) groups excluding carboxylic acids is 1. The van der Waals surface area contributed by atoms with Crippen molar-refractivity contribution in [2.75, 3.05) is 6.54 Å². The molecule has 1 atom stereocenters. The molecular formula is C5H10N2O6Se. The zero-order valence-corrected chi connectivity index (χ0v) is 8.72. The molecule has 0 aromatic rings. The average Bonchev–Trinajstić information content (AvgIpc) is 1.96. The number of rotatable bonds is 5. The van der Waals surface area contributed by atoms with Crippen LogP contribution in [0.2, 0.25) is 5.32 Å². The summed E-state index contributed by atoms with van der Waals surface area (Å²) in [7, 11) is 0. The Morgan fingerprint density at radius 1 is 1.43 bits per heavy atom. The summed E-state index contributed by atoms with van der Waals surface area (Å²) >= 11 is -5.04. The monoisotopic (exact) mass is 274 g/mol. The van der Waals surface area contributed by atoms with Crippen LogP contribution in [0.15, 0.2) is 0 Å². The van der Waals surface area contributed by atoms with Gasteiger partial charge in [-0.1, -0.05) is 0 Å². The van der Waals surface area contributed by atoms with Crippen LogP contribution in [0.1, 0.15) is 0 Å². The minimum atomic E-state index is -5.04. The molecule has 8 nitrogen and oxygen atoms in total. The van der Waals surface area contributed by atoms with Gasteiger partial charge in [0.05, 0.1) is 0 Å². The van der Waals surface area contributed by atoms with E-state index >= 15 is 0 Å². The molecule has 0 aromatic heterocycles. The minimum absolute atomic E-state index is 0.647. The number of carboxylic acids is 1. The number of nitrogens with two attached hydrogens (primary N) is 1. The SMILES string of the molecule is N[C@@H](C[Se](=O)(=O)O)C(=O)NCC(=O)O. The van der Waals surface area contributed by atoms with Gasteiger partial charge in [-0.2, -0.15) is 0 Å². The van der Waals surface area contributed by atoms with E-state index in [-0.39, 0.29) is 0 Å². The van der Waals surface area contributed by atoms with Gasteiger partial charge < -0.3 is 0 Å². The van der Waals surface area contributed by atoms with E-state index in [4.69, 9.17) is 15.0 Å². The fraction of sp³-hybridized carbons (Fsp3) is 0.600. The van der Waals surface area contributed by atoms with Gasteiger partial charge in [0.1, 0.15) is 0 Å². The zero-order valence-electron chi connectivity index (χ0n) is 7.00. The Bertz CT molecular complexity index is 323. The van der Waals surface area contributed by atoms with Gasteiger partial charge in [0, 0.05) is 0 Å². The van der Waals surface area contributed by atoms with Gasteiger partial charge >= 0.3 is 80.4 Å². The predicted octanol–water partition coefficient (Wildman–Crippen LogP) is -2.69. The number of aliphatic carboxylic acids is 1. The van der Waals surface area contributed by atoms with Crippen LogP contribution in [0.4, 0.5) is 0 Å². The number of amides is 1. The maximum atomic E-state index is 10.9. The van der Waals surface area contributed by atoms with E-state index in [1.165, 1.54) is 0 Å². The van der Waals surface area contributed by atoms with E-state index in [2.05, 4.69) is 0 Å². The van der Waals surface area contributed by atoms with E-state index < -0.39 is 42.8 Å². The van der Waals surface area contributed by atoms with Crippen molar-refractivity contribution in [2.24, 2.45) is 5.73 Å². The molecule has 0 bridgehead atoms. The Hall–Kier alpha value is -1.02. The summed E-state index contributed by atoms with van der Waals surface area (Å²) in [5.74, 6) is -2.21. The average molecular weight is 273 g/mol. The molecule has 0 heterocycles. The fourth-order valence-electron chi connectivity index (χ4n) is 0.596. The molecule has 9 heteroatoms. The Labute approximate surface area is 81.0 Å². The standard InChI is InChI=1S/C5H10N2O6Se/c6-3(2-14(11,12)13)5(10)7-1-4(8)9/h3H,1-2,6H2,(H,7,10)(H,8,9)(H,11,12,13)/t3-/m0/s1. The first kappa shape index (κ1) is 13.0. The maximum absolute atomic E-state index is 10.9. The quantitative estimate of drug-likeness (QED) is 0.398. The molecule has 5 N–H and O–H groups in total. The Morgan fingerprint density at radius 2 is 1.93 bits per heavy atom. The Balaban J connectivity index is 4.07. The second-order valence-electron chi connectivity index (χ2n) is 2.47. The second-order valence-corrected chi connectivity index (χ2v) is 5.61. The van der Waals surface area contributed by atoms with Gasteiger partial charge in [0.25, 0.3) is 0 Å². The van der Waals surface area contributed by atoms with Crippen LogP contribution >= 0.6 is 0 Å². The molecule has 0 rings (SSSR count).